The molecule has 0 saturated carbocycles. The largest absolute Gasteiger partial charge is 0.489 e. The molecule has 0 aromatic heterocycles. The number of ether oxygens (including phenoxy) is 1. The molecule has 0 unspecified atom stereocenters. The first-order valence-electron chi connectivity index (χ1n) is 6.65. The lowest BCUT2D eigenvalue weighted by atomic mass is 10.0. The summed E-state index contributed by atoms with van der Waals surface area (Å²) < 4.78 is 32.3. The SMILES string of the molecule is Cc1ccc(C(C)C)cc1OCc1cccc(F)c1F. The van der Waals surface area contributed by atoms with Gasteiger partial charge in [0.2, 0.25) is 0 Å². The van der Waals surface area contributed by atoms with Gasteiger partial charge in [0, 0.05) is 5.56 Å². The van der Waals surface area contributed by atoms with Crippen molar-refractivity contribution in [2.45, 2.75) is 33.3 Å². The number of hydrogen-bond donors (Lipinski definition) is 0. The van der Waals surface area contributed by atoms with E-state index >= 15 is 0 Å². The van der Waals surface area contributed by atoms with E-state index in [1.165, 1.54) is 12.1 Å². The Hall–Kier alpha value is -1.90. The molecule has 0 heterocycles. The first-order valence-corrected chi connectivity index (χ1v) is 6.65. The van der Waals surface area contributed by atoms with Gasteiger partial charge in [-0.3, -0.25) is 0 Å². The standard InChI is InChI=1S/C17H18F2O/c1-11(2)13-8-7-12(3)16(9-13)20-10-14-5-4-6-15(18)17(14)19/h4-9,11H,10H2,1-3H3. The van der Waals surface area contributed by atoms with Crippen molar-refractivity contribution in [1.82, 2.24) is 0 Å². The van der Waals surface area contributed by atoms with Crippen LogP contribution in [0.3, 0.4) is 0 Å². The Kier molecular flexibility index (Phi) is 4.38. The molecule has 1 nitrogen and oxygen atoms in total. The molecule has 20 heavy (non-hydrogen) atoms. The van der Waals surface area contributed by atoms with E-state index in [0.717, 1.165) is 17.2 Å². The van der Waals surface area contributed by atoms with Crippen molar-refractivity contribution in [1.29, 1.82) is 0 Å². The van der Waals surface area contributed by atoms with Crippen LogP contribution in [0.4, 0.5) is 8.78 Å². The molecule has 2 rings (SSSR count). The topological polar surface area (TPSA) is 9.23 Å². The van der Waals surface area contributed by atoms with Crippen molar-refractivity contribution in [3.8, 4) is 5.75 Å². The van der Waals surface area contributed by atoms with Gasteiger partial charge in [-0.05, 0) is 36.1 Å². The molecule has 106 valence electrons. The summed E-state index contributed by atoms with van der Waals surface area (Å²) in [6, 6.07) is 10.1. The number of rotatable bonds is 4. The highest BCUT2D eigenvalue weighted by Gasteiger charge is 2.10. The Balaban J connectivity index is 2.18. The fourth-order valence-corrected chi connectivity index (χ4v) is 1.95. The fraction of sp³-hybridized carbons (Fsp3) is 0.294. The van der Waals surface area contributed by atoms with Crippen molar-refractivity contribution in [2.24, 2.45) is 0 Å². The second-order valence-corrected chi connectivity index (χ2v) is 5.18. The summed E-state index contributed by atoms with van der Waals surface area (Å²) in [5.74, 6) is -0.590. The molecule has 0 spiro atoms. The summed E-state index contributed by atoms with van der Waals surface area (Å²) in [5, 5.41) is 0. The molecule has 3 heteroatoms. The molecule has 0 aliphatic carbocycles. The molecule has 0 aliphatic rings. The van der Waals surface area contributed by atoms with Gasteiger partial charge >= 0.3 is 0 Å². The third kappa shape index (κ3) is 3.16. The lowest BCUT2D eigenvalue weighted by Gasteiger charge is -2.13. The maximum Gasteiger partial charge on any atom is 0.165 e. The minimum absolute atomic E-state index is 0.0198. The zero-order chi connectivity index (χ0) is 14.7. The van der Waals surface area contributed by atoms with Crippen LogP contribution in [0.25, 0.3) is 0 Å². The van der Waals surface area contributed by atoms with E-state index in [2.05, 4.69) is 19.9 Å². The first-order chi connectivity index (χ1) is 9.49. The Labute approximate surface area is 118 Å². The van der Waals surface area contributed by atoms with E-state index in [1.54, 1.807) is 0 Å². The van der Waals surface area contributed by atoms with E-state index in [9.17, 15) is 8.78 Å². The van der Waals surface area contributed by atoms with Gasteiger partial charge < -0.3 is 4.74 Å². The molecule has 0 radical (unpaired) electrons. The average molecular weight is 276 g/mol. The number of hydrogen-bond acceptors (Lipinski definition) is 1. The minimum atomic E-state index is -0.848. The molecule has 0 saturated heterocycles. The molecular formula is C17H18F2O. The molecule has 2 aromatic rings. The number of halogens is 2. The highest BCUT2D eigenvalue weighted by atomic mass is 19.2. The molecular weight excluding hydrogens is 258 g/mol. The van der Waals surface area contributed by atoms with Crippen LogP contribution in [-0.2, 0) is 6.61 Å². The second-order valence-electron chi connectivity index (χ2n) is 5.18. The quantitative estimate of drug-likeness (QED) is 0.765. The summed E-state index contributed by atoms with van der Waals surface area (Å²) in [7, 11) is 0. The van der Waals surface area contributed by atoms with Gasteiger partial charge in [0.15, 0.2) is 11.6 Å². The van der Waals surface area contributed by atoms with Crippen LogP contribution < -0.4 is 4.74 Å². The minimum Gasteiger partial charge on any atom is -0.489 e. The van der Waals surface area contributed by atoms with Crippen LogP contribution in [0.1, 0.15) is 36.5 Å². The van der Waals surface area contributed by atoms with Gasteiger partial charge in [0.1, 0.15) is 12.4 Å². The summed E-state index contributed by atoms with van der Waals surface area (Å²) >= 11 is 0. The van der Waals surface area contributed by atoms with Crippen LogP contribution >= 0.6 is 0 Å². The maximum atomic E-state index is 13.6. The lowest BCUT2D eigenvalue weighted by Crippen LogP contribution is -2.02. The van der Waals surface area contributed by atoms with Crippen LogP contribution in [0.15, 0.2) is 36.4 Å². The smallest absolute Gasteiger partial charge is 0.165 e. The third-order valence-electron chi connectivity index (χ3n) is 3.29. The Morgan fingerprint density at radius 1 is 1.10 bits per heavy atom. The van der Waals surface area contributed by atoms with E-state index in [1.807, 2.05) is 19.1 Å². The normalized spacial score (nSPS) is 10.9. The van der Waals surface area contributed by atoms with Crippen LogP contribution in [0, 0.1) is 18.6 Å². The van der Waals surface area contributed by atoms with Crippen molar-refractivity contribution in [3.63, 3.8) is 0 Å². The molecule has 0 fully saturated rings. The highest BCUT2D eigenvalue weighted by molar-refractivity contribution is 5.38. The zero-order valence-corrected chi connectivity index (χ0v) is 11.9. The Bertz CT molecular complexity index is 606. The molecule has 0 N–H and O–H groups in total. The van der Waals surface area contributed by atoms with Gasteiger partial charge in [-0.25, -0.2) is 8.78 Å². The fourth-order valence-electron chi connectivity index (χ4n) is 1.95. The van der Waals surface area contributed by atoms with Crippen LogP contribution in [0.2, 0.25) is 0 Å². The maximum absolute atomic E-state index is 13.6. The van der Waals surface area contributed by atoms with Gasteiger partial charge in [-0.1, -0.05) is 38.1 Å². The van der Waals surface area contributed by atoms with Gasteiger partial charge in [-0.15, -0.1) is 0 Å². The van der Waals surface area contributed by atoms with Crippen molar-refractivity contribution >= 4 is 0 Å². The summed E-state index contributed by atoms with van der Waals surface area (Å²) in [6.45, 7) is 6.15. The van der Waals surface area contributed by atoms with E-state index in [4.69, 9.17) is 4.74 Å². The second kappa shape index (κ2) is 6.04. The van der Waals surface area contributed by atoms with Crippen molar-refractivity contribution in [2.75, 3.05) is 0 Å². The number of aryl methyl sites for hydroxylation is 1. The van der Waals surface area contributed by atoms with Gasteiger partial charge in [-0.2, -0.15) is 0 Å². The molecule has 0 atom stereocenters. The van der Waals surface area contributed by atoms with E-state index in [-0.39, 0.29) is 12.2 Å². The lowest BCUT2D eigenvalue weighted by molar-refractivity contribution is 0.295. The molecule has 0 amide bonds. The molecule has 0 aliphatic heterocycles. The molecule has 2 aromatic carbocycles. The third-order valence-corrected chi connectivity index (χ3v) is 3.29. The van der Waals surface area contributed by atoms with Gasteiger partial charge in [0.25, 0.3) is 0 Å². The summed E-state index contributed by atoms with van der Waals surface area (Å²) in [4.78, 5) is 0. The summed E-state index contributed by atoms with van der Waals surface area (Å²) in [5.41, 5.74) is 2.36. The van der Waals surface area contributed by atoms with Crippen molar-refractivity contribution in [3.05, 3.63) is 64.7 Å². The predicted molar refractivity (Wildman–Crippen MR) is 76.0 cm³/mol. The summed E-state index contributed by atoms with van der Waals surface area (Å²) in [6.07, 6.45) is 0. The van der Waals surface area contributed by atoms with Crippen LogP contribution in [-0.4, -0.2) is 0 Å². The Morgan fingerprint density at radius 2 is 1.85 bits per heavy atom. The monoisotopic (exact) mass is 276 g/mol. The average Bonchev–Trinajstić information content (AvgIpc) is 2.41. The van der Waals surface area contributed by atoms with Crippen molar-refractivity contribution < 1.29 is 13.5 Å². The highest BCUT2D eigenvalue weighted by Crippen LogP contribution is 2.25. The molecule has 0 bridgehead atoms. The first kappa shape index (κ1) is 14.5. The van der Waals surface area contributed by atoms with Gasteiger partial charge in [0.05, 0.1) is 0 Å². The number of benzene rings is 2. The van der Waals surface area contributed by atoms with E-state index < -0.39 is 11.6 Å². The van der Waals surface area contributed by atoms with Crippen LogP contribution in [0.5, 0.6) is 5.75 Å². The van der Waals surface area contributed by atoms with E-state index in [0.29, 0.717) is 11.7 Å². The predicted octanol–water partition coefficient (Wildman–Crippen LogP) is 4.98. The zero-order valence-electron chi connectivity index (χ0n) is 11.9. The Morgan fingerprint density at radius 3 is 2.55 bits per heavy atom.